The van der Waals surface area contributed by atoms with E-state index in [9.17, 15) is 14.4 Å². The van der Waals surface area contributed by atoms with E-state index in [0.717, 1.165) is 23.1 Å². The molecule has 21 heavy (non-hydrogen) atoms. The van der Waals surface area contributed by atoms with Gasteiger partial charge in [-0.05, 0) is 6.92 Å². The lowest BCUT2D eigenvalue weighted by Crippen LogP contribution is -2.10. The number of hydrogen-bond donors (Lipinski definition) is 1. The zero-order valence-corrected chi connectivity index (χ0v) is 13.4. The van der Waals surface area contributed by atoms with Crippen LogP contribution in [0, 0.1) is 0 Å². The van der Waals surface area contributed by atoms with Crippen LogP contribution in [0.4, 0.5) is 5.69 Å². The first-order chi connectivity index (χ1) is 9.96. The molecule has 0 saturated carbocycles. The summed E-state index contributed by atoms with van der Waals surface area (Å²) < 4.78 is 14.5. The van der Waals surface area contributed by atoms with Gasteiger partial charge in [-0.2, -0.15) is 0 Å². The van der Waals surface area contributed by atoms with Crippen LogP contribution >= 0.6 is 23.1 Å². The van der Waals surface area contributed by atoms with Crippen molar-refractivity contribution in [1.29, 1.82) is 0 Å². The number of esters is 3. The molecule has 0 amide bonds. The molecule has 7 nitrogen and oxygen atoms in total. The van der Waals surface area contributed by atoms with E-state index >= 15 is 0 Å². The third-order valence-electron chi connectivity index (χ3n) is 2.31. The van der Waals surface area contributed by atoms with Crippen molar-refractivity contribution in [3.05, 3.63) is 10.4 Å². The van der Waals surface area contributed by atoms with Crippen LogP contribution in [0.25, 0.3) is 0 Å². The normalized spacial score (nSPS) is 10.0. The number of carbonyl (C=O) groups is 3. The number of hydrogen-bond acceptors (Lipinski definition) is 9. The lowest BCUT2D eigenvalue weighted by molar-refractivity contribution is -0.137. The zero-order valence-electron chi connectivity index (χ0n) is 11.8. The number of carbonyl (C=O) groups excluding carboxylic acids is 3. The molecule has 1 aromatic heterocycles. The summed E-state index contributed by atoms with van der Waals surface area (Å²) in [7, 11) is 2.48. The van der Waals surface area contributed by atoms with Gasteiger partial charge in [0.2, 0.25) is 0 Å². The molecule has 0 unspecified atom stereocenters. The molecule has 0 aliphatic heterocycles. The summed E-state index contributed by atoms with van der Waals surface area (Å²) in [5, 5.41) is 0. The third kappa shape index (κ3) is 4.11. The maximum atomic E-state index is 11.9. The topological polar surface area (TPSA) is 105 Å². The lowest BCUT2D eigenvalue weighted by Gasteiger charge is -2.04. The highest BCUT2D eigenvalue weighted by molar-refractivity contribution is 8.01. The van der Waals surface area contributed by atoms with Crippen LogP contribution in [0.2, 0.25) is 0 Å². The van der Waals surface area contributed by atoms with Crippen molar-refractivity contribution in [2.24, 2.45) is 0 Å². The van der Waals surface area contributed by atoms with Gasteiger partial charge in [-0.15, -0.1) is 23.1 Å². The third-order valence-corrected chi connectivity index (χ3v) is 4.74. The fraction of sp³-hybridized carbons (Fsp3) is 0.417. The van der Waals surface area contributed by atoms with Crippen LogP contribution in [0.3, 0.4) is 0 Å². The fourth-order valence-electron chi connectivity index (χ4n) is 1.35. The SMILES string of the molecule is CCOC(=O)c1c(SCC(=O)OC)sc(C(=O)OC)c1N. The number of thiophene rings is 1. The molecule has 0 aliphatic rings. The number of nitrogens with two attached hydrogens (primary N) is 1. The van der Waals surface area contributed by atoms with E-state index in [2.05, 4.69) is 9.47 Å². The minimum absolute atomic E-state index is 0.00216. The molecule has 0 saturated heterocycles. The standard InChI is InChI=1S/C12H15NO6S2/c1-4-19-10(15)7-8(13)9(11(16)18-3)21-12(7)20-5-6(14)17-2/h4-5,13H2,1-3H3. The Kier molecular flexibility index (Phi) is 6.50. The predicted octanol–water partition coefficient (Wildman–Crippen LogP) is 1.56. The molecule has 1 rings (SSSR count). The molecule has 1 aromatic rings. The Balaban J connectivity index is 3.16. The minimum atomic E-state index is -0.645. The first kappa shape index (κ1) is 17.3. The van der Waals surface area contributed by atoms with Crippen molar-refractivity contribution in [2.45, 2.75) is 11.1 Å². The van der Waals surface area contributed by atoms with Crippen molar-refractivity contribution >= 4 is 46.7 Å². The summed E-state index contributed by atoms with van der Waals surface area (Å²) >= 11 is 2.03. The molecule has 0 atom stereocenters. The summed E-state index contributed by atoms with van der Waals surface area (Å²) in [5.41, 5.74) is 5.91. The van der Waals surface area contributed by atoms with Gasteiger partial charge in [0, 0.05) is 0 Å². The van der Waals surface area contributed by atoms with Crippen LogP contribution in [-0.4, -0.2) is 44.5 Å². The number of rotatable bonds is 6. The first-order valence-corrected chi connectivity index (χ1v) is 7.63. The van der Waals surface area contributed by atoms with Crippen molar-refractivity contribution in [1.82, 2.24) is 0 Å². The van der Waals surface area contributed by atoms with Gasteiger partial charge in [-0.25, -0.2) is 9.59 Å². The summed E-state index contributed by atoms with van der Waals surface area (Å²) in [6, 6.07) is 0. The molecule has 1 heterocycles. The van der Waals surface area contributed by atoms with Gasteiger partial charge in [0.05, 0.1) is 36.5 Å². The highest BCUT2D eigenvalue weighted by atomic mass is 32.2. The van der Waals surface area contributed by atoms with Gasteiger partial charge in [0.15, 0.2) is 0 Å². The van der Waals surface area contributed by atoms with E-state index in [1.807, 2.05) is 0 Å². The van der Waals surface area contributed by atoms with E-state index in [1.165, 1.54) is 14.2 Å². The molecule has 0 aliphatic carbocycles. The molecule has 0 radical (unpaired) electrons. The molecular weight excluding hydrogens is 318 g/mol. The Bertz CT molecular complexity index is 554. The summed E-state index contributed by atoms with van der Waals surface area (Å²) in [6.07, 6.45) is 0. The molecule has 0 fully saturated rings. The quantitative estimate of drug-likeness (QED) is 0.475. The summed E-state index contributed by atoms with van der Waals surface area (Å²) in [6.45, 7) is 1.83. The highest BCUT2D eigenvalue weighted by Gasteiger charge is 2.27. The number of ether oxygens (including phenoxy) is 3. The average molecular weight is 333 g/mol. The van der Waals surface area contributed by atoms with Crippen LogP contribution in [0.1, 0.15) is 27.0 Å². The van der Waals surface area contributed by atoms with Gasteiger partial charge in [0.1, 0.15) is 10.4 Å². The molecule has 2 N–H and O–H groups in total. The van der Waals surface area contributed by atoms with Gasteiger partial charge < -0.3 is 19.9 Å². The Morgan fingerprint density at radius 2 is 1.86 bits per heavy atom. The number of methoxy groups -OCH3 is 2. The van der Waals surface area contributed by atoms with Crippen molar-refractivity contribution in [3.8, 4) is 0 Å². The van der Waals surface area contributed by atoms with Gasteiger partial charge in [-0.1, -0.05) is 0 Å². The molecular formula is C12H15NO6S2. The summed E-state index contributed by atoms with van der Waals surface area (Å²) in [5.74, 6) is -1.76. The first-order valence-electron chi connectivity index (χ1n) is 5.83. The van der Waals surface area contributed by atoms with Gasteiger partial charge in [0.25, 0.3) is 0 Å². The largest absolute Gasteiger partial charge is 0.468 e. The Morgan fingerprint density at radius 3 is 2.38 bits per heavy atom. The molecule has 116 valence electrons. The Morgan fingerprint density at radius 1 is 1.19 bits per heavy atom. The number of nitrogen functional groups attached to an aromatic ring is 1. The zero-order chi connectivity index (χ0) is 16.0. The van der Waals surface area contributed by atoms with E-state index < -0.39 is 17.9 Å². The highest BCUT2D eigenvalue weighted by Crippen LogP contribution is 2.39. The van der Waals surface area contributed by atoms with Crippen molar-refractivity contribution < 1.29 is 28.6 Å². The van der Waals surface area contributed by atoms with Crippen LogP contribution in [0.15, 0.2) is 4.21 Å². The van der Waals surface area contributed by atoms with E-state index in [4.69, 9.17) is 10.5 Å². The van der Waals surface area contributed by atoms with Crippen LogP contribution < -0.4 is 5.73 Å². The van der Waals surface area contributed by atoms with Gasteiger partial charge >= 0.3 is 17.9 Å². The second-order valence-electron chi connectivity index (χ2n) is 3.58. The number of anilines is 1. The minimum Gasteiger partial charge on any atom is -0.468 e. The van der Waals surface area contributed by atoms with E-state index in [-0.39, 0.29) is 28.5 Å². The lowest BCUT2D eigenvalue weighted by atomic mass is 10.2. The predicted molar refractivity (Wildman–Crippen MR) is 78.8 cm³/mol. The summed E-state index contributed by atoms with van der Waals surface area (Å²) in [4.78, 5) is 34.9. The van der Waals surface area contributed by atoms with Crippen LogP contribution in [-0.2, 0) is 19.0 Å². The van der Waals surface area contributed by atoms with Crippen molar-refractivity contribution in [3.63, 3.8) is 0 Å². The molecule has 0 aromatic carbocycles. The smallest absolute Gasteiger partial charge is 0.350 e. The molecule has 0 bridgehead atoms. The molecule has 9 heteroatoms. The van der Waals surface area contributed by atoms with E-state index in [0.29, 0.717) is 4.21 Å². The molecule has 0 spiro atoms. The monoisotopic (exact) mass is 333 g/mol. The number of thioether (sulfide) groups is 1. The maximum Gasteiger partial charge on any atom is 0.350 e. The van der Waals surface area contributed by atoms with E-state index in [1.54, 1.807) is 6.92 Å². The maximum absolute atomic E-state index is 11.9. The fourth-order valence-corrected chi connectivity index (χ4v) is 3.57. The average Bonchev–Trinajstić information content (AvgIpc) is 2.80. The van der Waals surface area contributed by atoms with Crippen molar-refractivity contribution in [2.75, 3.05) is 32.3 Å². The second kappa shape index (κ2) is 7.89. The Labute approximate surface area is 129 Å². The van der Waals surface area contributed by atoms with Gasteiger partial charge in [-0.3, -0.25) is 4.79 Å². The second-order valence-corrected chi connectivity index (χ2v) is 5.85. The van der Waals surface area contributed by atoms with Crippen LogP contribution in [0.5, 0.6) is 0 Å². The Hall–Kier alpha value is -1.74.